The van der Waals surface area contributed by atoms with Gasteiger partial charge in [-0.15, -0.1) is 0 Å². The van der Waals surface area contributed by atoms with Crippen molar-refractivity contribution in [3.8, 4) is 5.75 Å². The molecule has 0 spiro atoms. The summed E-state index contributed by atoms with van der Waals surface area (Å²) >= 11 is 6.23. The molecule has 1 aromatic heterocycles. The number of amides is 1. The predicted molar refractivity (Wildman–Crippen MR) is 132 cm³/mol. The first-order valence-electron chi connectivity index (χ1n) is 10.7. The largest absolute Gasteiger partial charge is 0.507 e. The van der Waals surface area contributed by atoms with Crippen LogP contribution in [0.2, 0.25) is 5.02 Å². The standard InChI is InChI=1S/C27H21ClN2O4/c1-15-22(20-11-3-4-12-21(20)29-15)24-23(25(31)16-7-5-10-19(13-16)34-2)26(32)27(33)30(24)18-9-6-8-17(28)14-18/h3-14,24,29,31H,1-2H3/b25-23+. The van der Waals surface area contributed by atoms with Crippen LogP contribution in [0, 0.1) is 6.92 Å². The number of halogens is 1. The summed E-state index contributed by atoms with van der Waals surface area (Å²) in [4.78, 5) is 31.5. The second kappa shape index (κ2) is 8.39. The normalized spacial score (nSPS) is 17.5. The highest BCUT2D eigenvalue weighted by Crippen LogP contribution is 2.45. The molecule has 6 nitrogen and oxygen atoms in total. The molecule has 34 heavy (non-hydrogen) atoms. The average molecular weight is 473 g/mol. The van der Waals surface area contributed by atoms with Crippen molar-refractivity contribution in [2.24, 2.45) is 0 Å². The third-order valence-electron chi connectivity index (χ3n) is 6.09. The quantitative estimate of drug-likeness (QED) is 0.224. The number of rotatable bonds is 4. The van der Waals surface area contributed by atoms with Crippen molar-refractivity contribution in [2.45, 2.75) is 13.0 Å². The van der Waals surface area contributed by atoms with Gasteiger partial charge in [-0.3, -0.25) is 14.5 Å². The van der Waals surface area contributed by atoms with Gasteiger partial charge in [0.15, 0.2) is 0 Å². The molecule has 170 valence electrons. The smallest absolute Gasteiger partial charge is 0.300 e. The number of anilines is 1. The molecule has 1 saturated heterocycles. The van der Waals surface area contributed by atoms with Gasteiger partial charge in [0, 0.05) is 38.4 Å². The van der Waals surface area contributed by atoms with Crippen LogP contribution >= 0.6 is 11.6 Å². The zero-order valence-electron chi connectivity index (χ0n) is 18.5. The van der Waals surface area contributed by atoms with Gasteiger partial charge >= 0.3 is 0 Å². The molecule has 1 atom stereocenters. The summed E-state index contributed by atoms with van der Waals surface area (Å²) in [6.07, 6.45) is 0. The molecule has 1 unspecified atom stereocenters. The van der Waals surface area contributed by atoms with Gasteiger partial charge in [-0.1, -0.05) is 48.0 Å². The number of aromatic amines is 1. The molecule has 1 aliphatic rings. The van der Waals surface area contributed by atoms with Gasteiger partial charge < -0.3 is 14.8 Å². The Hall–Kier alpha value is -4.03. The minimum Gasteiger partial charge on any atom is -0.507 e. The van der Waals surface area contributed by atoms with Crippen molar-refractivity contribution in [1.82, 2.24) is 4.98 Å². The molecule has 2 heterocycles. The lowest BCUT2D eigenvalue weighted by molar-refractivity contribution is -0.132. The van der Waals surface area contributed by atoms with Crippen LogP contribution in [0.1, 0.15) is 22.9 Å². The zero-order chi connectivity index (χ0) is 24.0. The maximum absolute atomic E-state index is 13.4. The molecule has 2 N–H and O–H groups in total. The number of nitrogens with zero attached hydrogens (tertiary/aromatic N) is 1. The monoisotopic (exact) mass is 472 g/mol. The van der Waals surface area contributed by atoms with E-state index < -0.39 is 17.7 Å². The third-order valence-corrected chi connectivity index (χ3v) is 6.33. The molecule has 0 radical (unpaired) electrons. The molecule has 0 aliphatic carbocycles. The van der Waals surface area contributed by atoms with Gasteiger partial charge in [-0.25, -0.2) is 0 Å². The van der Waals surface area contributed by atoms with Crippen LogP contribution in [0.5, 0.6) is 5.75 Å². The number of benzene rings is 3. The zero-order valence-corrected chi connectivity index (χ0v) is 19.3. The fourth-order valence-electron chi connectivity index (χ4n) is 4.57. The van der Waals surface area contributed by atoms with Crippen LogP contribution in [0.25, 0.3) is 16.7 Å². The van der Waals surface area contributed by atoms with Crippen molar-refractivity contribution < 1.29 is 19.4 Å². The number of carbonyl (C=O) groups excluding carboxylic acids is 2. The number of H-pyrrole nitrogens is 1. The van der Waals surface area contributed by atoms with Crippen LogP contribution in [-0.4, -0.2) is 28.9 Å². The second-order valence-electron chi connectivity index (χ2n) is 8.09. The Morgan fingerprint density at radius 3 is 2.56 bits per heavy atom. The van der Waals surface area contributed by atoms with Gasteiger partial charge in [-0.05, 0) is 43.3 Å². The van der Waals surface area contributed by atoms with E-state index in [9.17, 15) is 14.7 Å². The van der Waals surface area contributed by atoms with Gasteiger partial charge in [0.25, 0.3) is 11.7 Å². The van der Waals surface area contributed by atoms with E-state index >= 15 is 0 Å². The number of para-hydroxylation sites is 1. The Bertz CT molecular complexity index is 1490. The number of carbonyl (C=O) groups is 2. The number of Topliss-reactive ketones (excluding diaryl/α,β-unsaturated/α-hetero) is 1. The van der Waals surface area contributed by atoms with E-state index in [1.54, 1.807) is 48.5 Å². The highest BCUT2D eigenvalue weighted by molar-refractivity contribution is 6.52. The van der Waals surface area contributed by atoms with Crippen molar-refractivity contribution >= 4 is 45.6 Å². The fourth-order valence-corrected chi connectivity index (χ4v) is 4.76. The van der Waals surface area contributed by atoms with E-state index in [1.807, 2.05) is 31.2 Å². The molecular formula is C27H21ClN2O4. The number of ketones is 1. The van der Waals surface area contributed by atoms with Crippen LogP contribution in [-0.2, 0) is 9.59 Å². The number of nitrogens with one attached hydrogen (secondary N) is 1. The molecule has 4 aromatic rings. The Labute approximate surface area is 201 Å². The number of hydrogen-bond acceptors (Lipinski definition) is 4. The maximum Gasteiger partial charge on any atom is 0.300 e. The van der Waals surface area contributed by atoms with E-state index in [1.165, 1.54) is 12.0 Å². The van der Waals surface area contributed by atoms with Gasteiger partial charge in [0.05, 0.1) is 18.7 Å². The molecule has 5 rings (SSSR count). The Balaban J connectivity index is 1.82. The summed E-state index contributed by atoms with van der Waals surface area (Å²) in [6, 6.07) is 20.3. The van der Waals surface area contributed by atoms with Crippen LogP contribution < -0.4 is 9.64 Å². The molecule has 3 aromatic carbocycles. The first-order valence-corrected chi connectivity index (χ1v) is 11.1. The summed E-state index contributed by atoms with van der Waals surface area (Å²) in [5, 5.41) is 12.7. The highest BCUT2D eigenvalue weighted by Gasteiger charge is 2.48. The molecule has 1 aliphatic heterocycles. The van der Waals surface area contributed by atoms with Crippen molar-refractivity contribution in [3.63, 3.8) is 0 Å². The van der Waals surface area contributed by atoms with Gasteiger partial charge in [0.2, 0.25) is 0 Å². The fraction of sp³-hybridized carbons (Fsp3) is 0.111. The van der Waals surface area contributed by atoms with E-state index in [0.717, 1.165) is 22.2 Å². The van der Waals surface area contributed by atoms with Crippen LogP contribution in [0.15, 0.2) is 78.4 Å². The number of aliphatic hydroxyl groups is 1. The van der Waals surface area contributed by atoms with E-state index in [2.05, 4.69) is 4.98 Å². The third kappa shape index (κ3) is 3.43. The maximum atomic E-state index is 13.4. The minimum absolute atomic E-state index is 0.00563. The topological polar surface area (TPSA) is 82.6 Å². The second-order valence-corrected chi connectivity index (χ2v) is 8.53. The van der Waals surface area contributed by atoms with Gasteiger partial charge in [0.1, 0.15) is 11.5 Å². The Morgan fingerprint density at radius 2 is 1.79 bits per heavy atom. The SMILES string of the molecule is COc1cccc(/C(O)=C2\C(=O)C(=O)N(c3cccc(Cl)c3)C2c2c(C)[nH]c3ccccc23)c1. The van der Waals surface area contributed by atoms with Crippen LogP contribution in [0.3, 0.4) is 0 Å². The number of aromatic nitrogens is 1. The van der Waals surface area contributed by atoms with Gasteiger partial charge in [-0.2, -0.15) is 0 Å². The summed E-state index contributed by atoms with van der Waals surface area (Å²) in [5.74, 6) is -1.25. The molecule has 0 saturated carbocycles. The summed E-state index contributed by atoms with van der Waals surface area (Å²) in [7, 11) is 1.52. The van der Waals surface area contributed by atoms with Crippen molar-refractivity contribution in [3.05, 3.63) is 100 Å². The van der Waals surface area contributed by atoms with E-state index in [4.69, 9.17) is 16.3 Å². The van der Waals surface area contributed by atoms with E-state index in [0.29, 0.717) is 22.0 Å². The molecule has 7 heteroatoms. The number of aryl methyl sites for hydroxylation is 1. The lowest BCUT2D eigenvalue weighted by atomic mass is 9.93. The molecular weight excluding hydrogens is 452 g/mol. The van der Waals surface area contributed by atoms with Crippen molar-refractivity contribution in [2.75, 3.05) is 12.0 Å². The summed E-state index contributed by atoms with van der Waals surface area (Å²) in [5.41, 5.74) is 3.25. The molecule has 0 bridgehead atoms. The molecule has 1 amide bonds. The number of fused-ring (bicyclic) bond motifs is 1. The number of ether oxygens (including phenoxy) is 1. The Kier molecular flexibility index (Phi) is 5.38. The first-order chi connectivity index (χ1) is 16.4. The number of hydrogen-bond donors (Lipinski definition) is 2. The van der Waals surface area contributed by atoms with Crippen LogP contribution in [0.4, 0.5) is 5.69 Å². The lowest BCUT2D eigenvalue weighted by Crippen LogP contribution is -2.29. The minimum atomic E-state index is -0.860. The first kappa shape index (κ1) is 21.8. The lowest BCUT2D eigenvalue weighted by Gasteiger charge is -2.26. The number of methoxy groups -OCH3 is 1. The average Bonchev–Trinajstić information content (AvgIpc) is 3.30. The van der Waals surface area contributed by atoms with E-state index in [-0.39, 0.29) is 11.3 Å². The summed E-state index contributed by atoms with van der Waals surface area (Å²) in [6.45, 7) is 1.89. The number of aliphatic hydroxyl groups excluding tert-OH is 1. The summed E-state index contributed by atoms with van der Waals surface area (Å²) < 4.78 is 5.28. The Morgan fingerprint density at radius 1 is 1.03 bits per heavy atom. The highest BCUT2D eigenvalue weighted by atomic mass is 35.5. The van der Waals surface area contributed by atoms with Crippen molar-refractivity contribution in [1.29, 1.82) is 0 Å². The predicted octanol–water partition coefficient (Wildman–Crippen LogP) is 5.76. The molecule has 1 fully saturated rings.